The summed E-state index contributed by atoms with van der Waals surface area (Å²) in [5, 5.41) is 15.2. The van der Waals surface area contributed by atoms with Crippen molar-refractivity contribution in [3.05, 3.63) is 63.8 Å². The van der Waals surface area contributed by atoms with Crippen LogP contribution in [-0.4, -0.2) is 39.6 Å². The van der Waals surface area contributed by atoms with Crippen molar-refractivity contribution in [2.75, 3.05) is 0 Å². The average Bonchev–Trinajstić information content (AvgIpc) is 3.19. The van der Waals surface area contributed by atoms with Crippen molar-refractivity contribution >= 4 is 31.7 Å². The van der Waals surface area contributed by atoms with E-state index in [4.69, 9.17) is 5.26 Å². The Morgan fingerprint density at radius 2 is 1.83 bits per heavy atom. The molecule has 1 unspecified atom stereocenters. The maximum Gasteiger partial charge on any atom is 0.501 e. The monoisotopic (exact) mass is 596 g/mol. The van der Waals surface area contributed by atoms with E-state index in [1.165, 1.54) is 29.9 Å². The van der Waals surface area contributed by atoms with E-state index in [2.05, 4.69) is 36.3 Å². The molecule has 0 aliphatic rings. The van der Waals surface area contributed by atoms with E-state index in [0.29, 0.717) is 0 Å². The van der Waals surface area contributed by atoms with Crippen molar-refractivity contribution in [3.63, 3.8) is 0 Å². The highest BCUT2D eigenvalue weighted by atomic mass is 79.9. The predicted octanol–water partition coefficient (Wildman–Crippen LogP) is 4.10. The van der Waals surface area contributed by atoms with Gasteiger partial charge in [-0.1, -0.05) is 0 Å². The van der Waals surface area contributed by atoms with Crippen LogP contribution in [0.25, 0.3) is 5.82 Å². The van der Waals surface area contributed by atoms with Gasteiger partial charge in [-0.2, -0.15) is 36.3 Å². The molecule has 1 N–H and O–H groups in total. The van der Waals surface area contributed by atoms with Gasteiger partial charge >= 0.3 is 11.7 Å². The Bertz CT molecular complexity index is 1460. The van der Waals surface area contributed by atoms with Crippen molar-refractivity contribution < 1.29 is 39.6 Å². The molecule has 3 rings (SSSR count). The van der Waals surface area contributed by atoms with Gasteiger partial charge in [0.2, 0.25) is 4.73 Å². The molecule has 190 valence electrons. The number of halogens is 7. The van der Waals surface area contributed by atoms with Crippen molar-refractivity contribution in [1.29, 1.82) is 5.26 Å². The topological polar surface area (TPSA) is 131 Å². The smallest absolute Gasteiger partial charge is 0.342 e. The lowest BCUT2D eigenvalue weighted by molar-refractivity contribution is -0.137. The highest BCUT2D eigenvalue weighted by Crippen LogP contribution is 2.36. The summed E-state index contributed by atoms with van der Waals surface area (Å²) in [6.07, 6.45) is -3.98. The molecule has 0 aliphatic heterocycles. The van der Waals surface area contributed by atoms with Crippen molar-refractivity contribution in [1.82, 2.24) is 25.1 Å². The van der Waals surface area contributed by atoms with E-state index in [0.717, 1.165) is 0 Å². The lowest BCUT2D eigenvalue weighted by Crippen LogP contribution is -2.29. The third-order valence-electron chi connectivity index (χ3n) is 4.52. The lowest BCUT2D eigenvalue weighted by Gasteiger charge is -2.15. The summed E-state index contributed by atoms with van der Waals surface area (Å²) in [6.45, 7) is 1.33. The summed E-state index contributed by atoms with van der Waals surface area (Å²) >= 11 is 3.12. The van der Waals surface area contributed by atoms with Gasteiger partial charge in [0.05, 0.1) is 22.1 Å². The van der Waals surface area contributed by atoms with Crippen molar-refractivity contribution in [3.8, 4) is 11.9 Å². The minimum Gasteiger partial charge on any atom is -0.342 e. The highest BCUT2D eigenvalue weighted by molar-refractivity contribution is 9.10. The minimum absolute atomic E-state index is 0.0727. The molecule has 0 radical (unpaired) electrons. The predicted molar refractivity (Wildman–Crippen MR) is 112 cm³/mol. The number of amides is 1. The summed E-state index contributed by atoms with van der Waals surface area (Å²) in [4.78, 5) is 18.9. The van der Waals surface area contributed by atoms with Gasteiger partial charge in [-0.25, -0.2) is 18.4 Å². The quantitative estimate of drug-likeness (QED) is 0.439. The SMILES string of the molecule is CC(NC(=O)c1cc(C(F)(F)F)cc(S(=O)(=O)C(F)(F)F)c1)c1nc(Br)n(-c2ccc(C#N)cn2)n1. The third kappa shape index (κ3) is 5.49. The number of carbonyl (C=O) groups excluding carboxylic acids is 1. The average molecular weight is 597 g/mol. The molecular weight excluding hydrogens is 586 g/mol. The van der Waals surface area contributed by atoms with Crippen LogP contribution in [0.15, 0.2) is 46.2 Å². The van der Waals surface area contributed by atoms with Crippen LogP contribution in [0.3, 0.4) is 0 Å². The minimum atomic E-state index is -6.18. The van der Waals surface area contributed by atoms with Crippen LogP contribution in [0.5, 0.6) is 0 Å². The summed E-state index contributed by atoms with van der Waals surface area (Å²) in [5.41, 5.74) is -8.36. The van der Waals surface area contributed by atoms with Gasteiger partial charge < -0.3 is 5.32 Å². The second-order valence-corrected chi connectivity index (χ2v) is 9.71. The molecule has 1 amide bonds. The van der Waals surface area contributed by atoms with E-state index < -0.39 is 49.5 Å². The van der Waals surface area contributed by atoms with Crippen LogP contribution < -0.4 is 5.32 Å². The van der Waals surface area contributed by atoms with Crippen LogP contribution in [0.4, 0.5) is 26.3 Å². The number of hydrogen-bond donors (Lipinski definition) is 1. The van der Waals surface area contributed by atoms with Crippen molar-refractivity contribution in [2.24, 2.45) is 0 Å². The Morgan fingerprint density at radius 1 is 1.17 bits per heavy atom. The number of pyridine rings is 1. The summed E-state index contributed by atoms with van der Waals surface area (Å²) in [6, 6.07) is 3.89. The zero-order valence-electron chi connectivity index (χ0n) is 17.6. The molecule has 3 aromatic rings. The number of sulfone groups is 1. The van der Waals surface area contributed by atoms with Crippen molar-refractivity contribution in [2.45, 2.75) is 29.5 Å². The first-order chi connectivity index (χ1) is 16.5. The molecule has 17 heteroatoms. The Hall–Kier alpha value is -3.52. The highest BCUT2D eigenvalue weighted by Gasteiger charge is 2.48. The van der Waals surface area contributed by atoms with E-state index in [-0.39, 0.29) is 40.1 Å². The van der Waals surface area contributed by atoms with Crippen LogP contribution in [0, 0.1) is 11.3 Å². The first kappa shape index (κ1) is 27.1. The van der Waals surface area contributed by atoms with Gasteiger partial charge in [0.15, 0.2) is 11.6 Å². The van der Waals surface area contributed by atoms with Gasteiger partial charge in [0.25, 0.3) is 15.7 Å². The fraction of sp³-hybridized carbons (Fsp3) is 0.211. The zero-order valence-corrected chi connectivity index (χ0v) is 20.0. The fourth-order valence-corrected chi connectivity index (χ4v) is 4.02. The van der Waals surface area contributed by atoms with E-state index in [1.807, 2.05) is 6.07 Å². The van der Waals surface area contributed by atoms with Gasteiger partial charge in [-0.05, 0) is 53.2 Å². The fourth-order valence-electron chi connectivity index (χ4n) is 2.74. The van der Waals surface area contributed by atoms with Crippen LogP contribution >= 0.6 is 15.9 Å². The number of carbonyl (C=O) groups is 1. The maximum absolute atomic E-state index is 13.2. The molecule has 0 spiro atoms. The Labute approximate surface area is 206 Å². The molecule has 2 aromatic heterocycles. The number of rotatable bonds is 5. The number of benzene rings is 1. The second-order valence-electron chi connectivity index (χ2n) is 7.06. The number of nitrogens with zero attached hydrogens (tertiary/aromatic N) is 5. The summed E-state index contributed by atoms with van der Waals surface area (Å²) in [7, 11) is -6.18. The molecular formula is C19H11BrF6N6O3S. The van der Waals surface area contributed by atoms with Gasteiger partial charge in [-0.15, -0.1) is 5.10 Å². The summed E-state index contributed by atoms with van der Waals surface area (Å²) < 4.78 is 103. The number of hydrogen-bond acceptors (Lipinski definition) is 7. The molecule has 0 saturated heterocycles. The van der Waals surface area contributed by atoms with Gasteiger partial charge in [0, 0.05) is 11.8 Å². The zero-order chi connectivity index (χ0) is 27.1. The van der Waals surface area contributed by atoms with Crippen LogP contribution in [0.1, 0.15) is 40.3 Å². The normalized spacial score (nSPS) is 13.2. The Morgan fingerprint density at radius 3 is 2.36 bits per heavy atom. The number of aromatic nitrogens is 4. The lowest BCUT2D eigenvalue weighted by atomic mass is 10.1. The van der Waals surface area contributed by atoms with E-state index >= 15 is 0 Å². The number of alkyl halides is 6. The molecule has 0 bridgehead atoms. The number of nitriles is 1. The molecule has 0 aliphatic carbocycles. The molecule has 9 nitrogen and oxygen atoms in total. The van der Waals surface area contributed by atoms with E-state index in [9.17, 15) is 39.6 Å². The standard InChI is InChI=1S/C19H11BrF6N6O3S/c1-9(15-30-17(20)32(31-15)14-3-2-10(7-27)8-28-14)29-16(33)11-4-12(18(21,22)23)6-13(5-11)36(34,35)19(24,25)26/h2-6,8-9H,1H3,(H,29,33). The first-order valence-corrected chi connectivity index (χ1v) is 11.7. The summed E-state index contributed by atoms with van der Waals surface area (Å²) in [5.74, 6) is -1.16. The largest absolute Gasteiger partial charge is 0.501 e. The Kier molecular flexibility index (Phi) is 7.15. The molecule has 1 atom stereocenters. The Balaban J connectivity index is 1.94. The molecule has 2 heterocycles. The van der Waals surface area contributed by atoms with E-state index in [1.54, 1.807) is 0 Å². The molecule has 36 heavy (non-hydrogen) atoms. The molecule has 1 aromatic carbocycles. The first-order valence-electron chi connectivity index (χ1n) is 9.38. The maximum atomic E-state index is 13.2. The van der Waals surface area contributed by atoms with Crippen LogP contribution in [0.2, 0.25) is 0 Å². The third-order valence-corrected chi connectivity index (χ3v) is 6.50. The van der Waals surface area contributed by atoms with Crippen LogP contribution in [-0.2, 0) is 16.0 Å². The molecule has 0 fully saturated rings. The van der Waals surface area contributed by atoms with Gasteiger partial charge in [-0.3, -0.25) is 4.79 Å². The molecule has 0 saturated carbocycles. The van der Waals surface area contributed by atoms with Gasteiger partial charge in [0.1, 0.15) is 6.07 Å². The second kappa shape index (κ2) is 9.50. The number of nitrogens with one attached hydrogen (secondary N) is 1.